The van der Waals surface area contributed by atoms with Gasteiger partial charge < -0.3 is 0 Å². The molecule has 2 nitrogen and oxygen atoms in total. The molecule has 15 heavy (non-hydrogen) atoms. The molecule has 1 heterocycles. The molecule has 0 aliphatic heterocycles. The molecular formula is C13H22N2. The Hall–Kier alpha value is -0.920. The van der Waals surface area contributed by atoms with E-state index in [2.05, 4.69) is 46.5 Å². The normalized spacial score (nSPS) is 13.0. The monoisotopic (exact) mass is 206 g/mol. The molecule has 0 radical (unpaired) electrons. The summed E-state index contributed by atoms with van der Waals surface area (Å²) >= 11 is 0. The summed E-state index contributed by atoms with van der Waals surface area (Å²) in [5, 5.41) is 0. The van der Waals surface area contributed by atoms with Crippen molar-refractivity contribution >= 4 is 0 Å². The molecule has 1 aromatic rings. The number of hydrogen-bond donors (Lipinski definition) is 0. The topological polar surface area (TPSA) is 25.8 Å². The van der Waals surface area contributed by atoms with Gasteiger partial charge in [0.25, 0.3) is 0 Å². The zero-order valence-corrected chi connectivity index (χ0v) is 11.0. The molecule has 0 unspecified atom stereocenters. The van der Waals surface area contributed by atoms with Crippen molar-refractivity contribution in [2.75, 3.05) is 0 Å². The van der Waals surface area contributed by atoms with Crippen LogP contribution >= 0.6 is 0 Å². The van der Waals surface area contributed by atoms with Gasteiger partial charge in [-0.2, -0.15) is 0 Å². The van der Waals surface area contributed by atoms with Crippen LogP contribution in [0.4, 0.5) is 0 Å². The van der Waals surface area contributed by atoms with Gasteiger partial charge in [0.1, 0.15) is 0 Å². The molecule has 0 saturated heterocycles. The SMILES string of the molecule is Cc1ncc(C(C)(C)C)nc1C(C)(C)C. The van der Waals surface area contributed by atoms with Crippen LogP contribution in [0.3, 0.4) is 0 Å². The van der Waals surface area contributed by atoms with Gasteiger partial charge in [0.05, 0.1) is 17.1 Å². The van der Waals surface area contributed by atoms with Crippen LogP contribution in [0.25, 0.3) is 0 Å². The summed E-state index contributed by atoms with van der Waals surface area (Å²) < 4.78 is 0. The fourth-order valence-corrected chi connectivity index (χ4v) is 1.52. The molecule has 0 spiro atoms. The minimum atomic E-state index is 0.0678. The Morgan fingerprint density at radius 3 is 1.87 bits per heavy atom. The highest BCUT2D eigenvalue weighted by Crippen LogP contribution is 2.26. The zero-order valence-electron chi connectivity index (χ0n) is 11.0. The molecule has 0 aliphatic carbocycles. The van der Waals surface area contributed by atoms with Crippen LogP contribution in [-0.2, 0) is 10.8 Å². The van der Waals surface area contributed by atoms with E-state index in [0.29, 0.717) is 0 Å². The first kappa shape index (κ1) is 12.2. The minimum Gasteiger partial charge on any atom is -0.258 e. The van der Waals surface area contributed by atoms with Crippen LogP contribution in [0.2, 0.25) is 0 Å². The third-order valence-corrected chi connectivity index (χ3v) is 2.43. The molecule has 0 atom stereocenters. The van der Waals surface area contributed by atoms with Crippen LogP contribution in [0.1, 0.15) is 58.6 Å². The van der Waals surface area contributed by atoms with Crippen LogP contribution in [0, 0.1) is 6.92 Å². The van der Waals surface area contributed by atoms with Crippen molar-refractivity contribution in [2.45, 2.75) is 59.3 Å². The predicted octanol–water partition coefficient (Wildman–Crippen LogP) is 3.38. The molecule has 1 aromatic heterocycles. The Balaban J connectivity index is 3.30. The first-order valence-electron chi connectivity index (χ1n) is 5.47. The summed E-state index contributed by atoms with van der Waals surface area (Å²) in [5.74, 6) is 0. The van der Waals surface area contributed by atoms with Crippen LogP contribution in [0.5, 0.6) is 0 Å². The molecule has 0 amide bonds. The third kappa shape index (κ3) is 2.77. The van der Waals surface area contributed by atoms with Gasteiger partial charge in [0.15, 0.2) is 0 Å². The van der Waals surface area contributed by atoms with Crippen LogP contribution in [-0.4, -0.2) is 9.97 Å². The van der Waals surface area contributed by atoms with Crippen molar-refractivity contribution in [3.8, 4) is 0 Å². The number of nitrogens with zero attached hydrogens (tertiary/aromatic N) is 2. The summed E-state index contributed by atoms with van der Waals surface area (Å²) in [6.07, 6.45) is 1.89. The Morgan fingerprint density at radius 1 is 0.933 bits per heavy atom. The van der Waals surface area contributed by atoms with Gasteiger partial charge >= 0.3 is 0 Å². The first-order chi connectivity index (χ1) is 6.62. The summed E-state index contributed by atoms with van der Waals surface area (Å²) in [5.41, 5.74) is 3.35. The number of aromatic nitrogens is 2. The Labute approximate surface area is 93.2 Å². The van der Waals surface area contributed by atoms with Crippen molar-refractivity contribution in [2.24, 2.45) is 0 Å². The minimum absolute atomic E-state index is 0.0678. The van der Waals surface area contributed by atoms with Crippen molar-refractivity contribution in [3.05, 3.63) is 23.3 Å². The van der Waals surface area contributed by atoms with E-state index >= 15 is 0 Å². The predicted molar refractivity (Wildman–Crippen MR) is 64.2 cm³/mol. The summed E-state index contributed by atoms with van der Waals surface area (Å²) in [4.78, 5) is 9.20. The van der Waals surface area contributed by atoms with Gasteiger partial charge in [-0.3, -0.25) is 9.97 Å². The van der Waals surface area contributed by atoms with E-state index in [1.165, 1.54) is 0 Å². The first-order valence-corrected chi connectivity index (χ1v) is 5.47. The second-order valence-electron chi connectivity index (χ2n) is 6.19. The van der Waals surface area contributed by atoms with Gasteiger partial charge in [0.2, 0.25) is 0 Å². The third-order valence-electron chi connectivity index (χ3n) is 2.43. The molecule has 0 bridgehead atoms. The average Bonchev–Trinajstić information content (AvgIpc) is 2.00. The second kappa shape index (κ2) is 3.58. The number of rotatable bonds is 0. The number of hydrogen-bond acceptors (Lipinski definition) is 2. The Bertz CT molecular complexity index is 354. The quantitative estimate of drug-likeness (QED) is 0.650. The lowest BCUT2D eigenvalue weighted by molar-refractivity contribution is 0.521. The molecule has 1 rings (SSSR count). The summed E-state index contributed by atoms with van der Waals surface area (Å²) in [6, 6.07) is 0. The average molecular weight is 206 g/mol. The molecule has 0 aliphatic rings. The Morgan fingerprint density at radius 2 is 1.47 bits per heavy atom. The van der Waals surface area contributed by atoms with Gasteiger partial charge in [-0.25, -0.2) is 0 Å². The molecule has 84 valence electrons. The van der Waals surface area contributed by atoms with E-state index in [1.807, 2.05) is 13.1 Å². The second-order valence-corrected chi connectivity index (χ2v) is 6.19. The van der Waals surface area contributed by atoms with Crippen molar-refractivity contribution in [1.82, 2.24) is 9.97 Å². The Kier molecular flexibility index (Phi) is 2.90. The van der Waals surface area contributed by atoms with E-state index in [-0.39, 0.29) is 10.8 Å². The molecular weight excluding hydrogens is 184 g/mol. The van der Waals surface area contributed by atoms with Gasteiger partial charge in [0, 0.05) is 17.0 Å². The largest absolute Gasteiger partial charge is 0.258 e. The standard InChI is InChI=1S/C13H22N2/c1-9-11(13(5,6)7)15-10(8-14-9)12(2,3)4/h8H,1-7H3. The van der Waals surface area contributed by atoms with E-state index in [9.17, 15) is 0 Å². The van der Waals surface area contributed by atoms with Crippen molar-refractivity contribution in [1.29, 1.82) is 0 Å². The highest BCUT2D eigenvalue weighted by atomic mass is 14.8. The highest BCUT2D eigenvalue weighted by molar-refractivity contribution is 5.22. The van der Waals surface area contributed by atoms with Crippen LogP contribution < -0.4 is 0 Å². The lowest BCUT2D eigenvalue weighted by Gasteiger charge is -2.24. The van der Waals surface area contributed by atoms with E-state index in [4.69, 9.17) is 4.98 Å². The van der Waals surface area contributed by atoms with E-state index in [0.717, 1.165) is 17.1 Å². The summed E-state index contributed by atoms with van der Waals surface area (Å²) in [7, 11) is 0. The number of aryl methyl sites for hydroxylation is 1. The molecule has 2 heteroatoms. The van der Waals surface area contributed by atoms with E-state index in [1.54, 1.807) is 0 Å². The van der Waals surface area contributed by atoms with E-state index < -0.39 is 0 Å². The van der Waals surface area contributed by atoms with Gasteiger partial charge in [-0.05, 0) is 6.92 Å². The maximum atomic E-state index is 4.75. The molecule has 0 saturated carbocycles. The fourth-order valence-electron chi connectivity index (χ4n) is 1.52. The van der Waals surface area contributed by atoms with Gasteiger partial charge in [-0.15, -0.1) is 0 Å². The molecule has 0 fully saturated rings. The molecule has 0 N–H and O–H groups in total. The smallest absolute Gasteiger partial charge is 0.0672 e. The maximum absolute atomic E-state index is 4.75. The van der Waals surface area contributed by atoms with Crippen molar-refractivity contribution in [3.63, 3.8) is 0 Å². The van der Waals surface area contributed by atoms with Gasteiger partial charge in [-0.1, -0.05) is 41.5 Å². The molecule has 0 aromatic carbocycles. The highest BCUT2D eigenvalue weighted by Gasteiger charge is 2.23. The van der Waals surface area contributed by atoms with Crippen LogP contribution in [0.15, 0.2) is 6.20 Å². The lowest BCUT2D eigenvalue weighted by Crippen LogP contribution is -2.22. The summed E-state index contributed by atoms with van der Waals surface area (Å²) in [6.45, 7) is 15.1. The fraction of sp³-hybridized carbons (Fsp3) is 0.692. The maximum Gasteiger partial charge on any atom is 0.0672 e. The zero-order chi connectivity index (χ0) is 11.9. The lowest BCUT2D eigenvalue weighted by atomic mass is 9.88. The van der Waals surface area contributed by atoms with Crippen molar-refractivity contribution < 1.29 is 0 Å².